The molecule has 3 nitrogen and oxygen atoms in total. The summed E-state index contributed by atoms with van der Waals surface area (Å²) < 4.78 is 0. The van der Waals surface area contributed by atoms with Gasteiger partial charge in [0.1, 0.15) is 5.75 Å². The van der Waals surface area contributed by atoms with E-state index in [1.54, 1.807) is 12.1 Å². The maximum atomic E-state index is 12.4. The Morgan fingerprint density at radius 1 is 1.09 bits per heavy atom. The number of rotatable bonds is 4. The fraction of sp³-hybridized carbons (Fsp3) is 0.211. The first-order valence-electron chi connectivity index (χ1n) is 7.55. The van der Waals surface area contributed by atoms with E-state index in [0.29, 0.717) is 6.54 Å². The van der Waals surface area contributed by atoms with E-state index in [9.17, 15) is 9.90 Å². The molecular formula is C19H19NO2. The second kappa shape index (κ2) is 6.48. The van der Waals surface area contributed by atoms with E-state index < -0.39 is 0 Å². The average Bonchev–Trinajstić information content (AvgIpc) is 2.89. The van der Waals surface area contributed by atoms with Gasteiger partial charge in [0.25, 0.3) is 0 Å². The first-order valence-corrected chi connectivity index (χ1v) is 7.55. The molecule has 2 N–H and O–H groups in total. The molecule has 1 saturated carbocycles. The number of aromatic hydroxyl groups is 1. The summed E-state index contributed by atoms with van der Waals surface area (Å²) in [6.07, 6.45) is 3.65. The number of anilines is 1. The van der Waals surface area contributed by atoms with Gasteiger partial charge in [-0.05, 0) is 54.3 Å². The predicted octanol–water partition coefficient (Wildman–Crippen LogP) is 3.87. The molecule has 0 amide bonds. The van der Waals surface area contributed by atoms with Gasteiger partial charge in [0.05, 0.1) is 0 Å². The third-order valence-electron chi connectivity index (χ3n) is 4.01. The van der Waals surface area contributed by atoms with E-state index in [2.05, 4.69) is 5.32 Å². The van der Waals surface area contributed by atoms with E-state index in [1.807, 2.05) is 48.5 Å². The van der Waals surface area contributed by atoms with Gasteiger partial charge in [-0.2, -0.15) is 0 Å². The van der Waals surface area contributed by atoms with Crippen LogP contribution in [-0.4, -0.2) is 17.4 Å². The van der Waals surface area contributed by atoms with Gasteiger partial charge in [-0.25, -0.2) is 0 Å². The fourth-order valence-corrected chi connectivity index (χ4v) is 2.75. The first kappa shape index (κ1) is 14.4. The van der Waals surface area contributed by atoms with Crippen molar-refractivity contribution in [2.75, 3.05) is 11.9 Å². The number of ketones is 1. The molecule has 1 atom stereocenters. The number of carbonyl (C=O) groups is 1. The number of benzene rings is 2. The Bertz CT molecular complexity index is 674. The quantitative estimate of drug-likeness (QED) is 0.841. The molecular weight excluding hydrogens is 274 g/mol. The van der Waals surface area contributed by atoms with E-state index in [0.717, 1.165) is 29.7 Å². The number of carbonyl (C=O) groups excluding carboxylic acids is 1. The summed E-state index contributed by atoms with van der Waals surface area (Å²) in [4.78, 5) is 12.4. The molecule has 3 heteroatoms. The van der Waals surface area contributed by atoms with E-state index in [-0.39, 0.29) is 17.5 Å². The Hall–Kier alpha value is -2.55. The smallest absolute Gasteiger partial charge is 0.163 e. The highest BCUT2D eigenvalue weighted by Crippen LogP contribution is 2.29. The molecule has 0 bridgehead atoms. The Labute approximate surface area is 130 Å². The molecule has 0 heterocycles. The molecule has 1 unspecified atom stereocenters. The summed E-state index contributed by atoms with van der Waals surface area (Å²) in [6.45, 7) is 0.676. The molecule has 112 valence electrons. The lowest BCUT2D eigenvalue weighted by molar-refractivity contribution is -0.117. The minimum Gasteiger partial charge on any atom is -0.508 e. The van der Waals surface area contributed by atoms with Gasteiger partial charge in [0, 0.05) is 18.2 Å². The van der Waals surface area contributed by atoms with Crippen molar-refractivity contribution >= 4 is 17.5 Å². The number of hydrogen-bond donors (Lipinski definition) is 2. The van der Waals surface area contributed by atoms with Crippen molar-refractivity contribution in [1.29, 1.82) is 0 Å². The molecule has 1 fully saturated rings. The number of Topliss-reactive ketones (excluding diaryl/α,β-unsaturated/α-hetero) is 1. The van der Waals surface area contributed by atoms with Crippen LogP contribution in [0.5, 0.6) is 5.75 Å². The minimum atomic E-state index is 0.0450. The van der Waals surface area contributed by atoms with Gasteiger partial charge < -0.3 is 10.4 Å². The van der Waals surface area contributed by atoms with Gasteiger partial charge in [-0.1, -0.05) is 30.3 Å². The number of allylic oxidation sites excluding steroid dienone is 1. The second-order valence-electron chi connectivity index (χ2n) is 5.61. The van der Waals surface area contributed by atoms with Crippen LogP contribution in [0.1, 0.15) is 18.4 Å². The summed E-state index contributed by atoms with van der Waals surface area (Å²) in [6, 6.07) is 16.9. The monoisotopic (exact) mass is 293 g/mol. The van der Waals surface area contributed by atoms with Gasteiger partial charge in [-0.3, -0.25) is 4.79 Å². The fourth-order valence-electron chi connectivity index (χ4n) is 2.75. The zero-order chi connectivity index (χ0) is 15.4. The van der Waals surface area contributed by atoms with Gasteiger partial charge in [0.15, 0.2) is 5.78 Å². The lowest BCUT2D eigenvalue weighted by Crippen LogP contribution is -2.18. The van der Waals surface area contributed by atoms with E-state index >= 15 is 0 Å². The van der Waals surface area contributed by atoms with Crippen LogP contribution in [0.25, 0.3) is 6.08 Å². The van der Waals surface area contributed by atoms with Crippen LogP contribution < -0.4 is 5.32 Å². The summed E-state index contributed by atoms with van der Waals surface area (Å²) in [5.41, 5.74) is 2.88. The van der Waals surface area contributed by atoms with E-state index in [4.69, 9.17) is 0 Å². The van der Waals surface area contributed by atoms with Crippen LogP contribution in [0.2, 0.25) is 0 Å². The highest BCUT2D eigenvalue weighted by atomic mass is 16.3. The van der Waals surface area contributed by atoms with Crippen molar-refractivity contribution in [3.05, 3.63) is 65.7 Å². The number of nitrogens with one attached hydrogen (secondary N) is 1. The maximum absolute atomic E-state index is 12.4. The highest BCUT2D eigenvalue weighted by molar-refractivity contribution is 6.03. The zero-order valence-electron chi connectivity index (χ0n) is 12.3. The summed E-state index contributed by atoms with van der Waals surface area (Å²) in [5, 5.41) is 12.6. The predicted molar refractivity (Wildman–Crippen MR) is 88.7 cm³/mol. The van der Waals surface area contributed by atoms with Crippen LogP contribution in [-0.2, 0) is 4.79 Å². The highest BCUT2D eigenvalue weighted by Gasteiger charge is 2.28. The zero-order valence-corrected chi connectivity index (χ0v) is 12.3. The van der Waals surface area contributed by atoms with Gasteiger partial charge >= 0.3 is 0 Å². The molecule has 0 aromatic heterocycles. The largest absolute Gasteiger partial charge is 0.508 e. The average molecular weight is 293 g/mol. The normalized spacial score (nSPS) is 19.5. The number of phenolic OH excluding ortho intramolecular Hbond substituents is 1. The van der Waals surface area contributed by atoms with Crippen molar-refractivity contribution in [3.63, 3.8) is 0 Å². The van der Waals surface area contributed by atoms with Crippen molar-refractivity contribution in [2.24, 2.45) is 5.92 Å². The first-order chi connectivity index (χ1) is 10.7. The maximum Gasteiger partial charge on any atom is 0.163 e. The Morgan fingerprint density at radius 3 is 2.55 bits per heavy atom. The Morgan fingerprint density at radius 2 is 1.82 bits per heavy atom. The topological polar surface area (TPSA) is 49.3 Å². The molecule has 2 aromatic rings. The Balaban J connectivity index is 1.63. The molecule has 0 saturated heterocycles. The molecule has 1 aliphatic carbocycles. The van der Waals surface area contributed by atoms with Crippen LogP contribution in [0.4, 0.5) is 5.69 Å². The summed E-state index contributed by atoms with van der Waals surface area (Å²) >= 11 is 0. The molecule has 22 heavy (non-hydrogen) atoms. The molecule has 1 aliphatic rings. The second-order valence-corrected chi connectivity index (χ2v) is 5.61. The number of phenols is 1. The minimum absolute atomic E-state index is 0.0450. The lowest BCUT2D eigenvalue weighted by Gasteiger charge is -2.10. The standard InChI is InChI=1S/C19H19NO2/c21-18-10-6-14(7-11-18)12-15-8-9-16(19(15)22)13-20-17-4-2-1-3-5-17/h1-7,10-12,16,20-21H,8-9,13H2/b15-12+. The SMILES string of the molecule is O=C1/C(=C/c2ccc(O)cc2)CCC1CNc1ccccc1. The molecule has 0 aliphatic heterocycles. The van der Waals surface area contributed by atoms with Crippen LogP contribution >= 0.6 is 0 Å². The van der Waals surface area contributed by atoms with Crippen molar-refractivity contribution in [1.82, 2.24) is 0 Å². The third-order valence-corrected chi connectivity index (χ3v) is 4.01. The third kappa shape index (κ3) is 3.37. The Kier molecular flexibility index (Phi) is 4.24. The van der Waals surface area contributed by atoms with Gasteiger partial charge in [-0.15, -0.1) is 0 Å². The molecule has 0 spiro atoms. The van der Waals surface area contributed by atoms with Crippen LogP contribution in [0.3, 0.4) is 0 Å². The summed E-state index contributed by atoms with van der Waals surface area (Å²) in [5.74, 6) is 0.518. The van der Waals surface area contributed by atoms with Crippen LogP contribution in [0, 0.1) is 5.92 Å². The summed E-state index contributed by atoms with van der Waals surface area (Å²) in [7, 11) is 0. The van der Waals surface area contributed by atoms with Gasteiger partial charge in [0.2, 0.25) is 0 Å². The molecule has 0 radical (unpaired) electrons. The number of para-hydroxylation sites is 1. The van der Waals surface area contributed by atoms with Crippen molar-refractivity contribution < 1.29 is 9.90 Å². The van der Waals surface area contributed by atoms with Crippen molar-refractivity contribution in [2.45, 2.75) is 12.8 Å². The number of hydrogen-bond acceptors (Lipinski definition) is 3. The van der Waals surface area contributed by atoms with E-state index in [1.165, 1.54) is 0 Å². The van der Waals surface area contributed by atoms with Crippen molar-refractivity contribution in [3.8, 4) is 5.75 Å². The molecule has 2 aromatic carbocycles. The molecule has 3 rings (SSSR count). The lowest BCUT2D eigenvalue weighted by atomic mass is 10.0. The van der Waals surface area contributed by atoms with Crippen LogP contribution in [0.15, 0.2) is 60.2 Å².